The van der Waals surface area contributed by atoms with Gasteiger partial charge in [-0.15, -0.1) is 11.3 Å². The van der Waals surface area contributed by atoms with Crippen LogP contribution in [0.4, 0.5) is 9.59 Å². The number of hydrogen-bond acceptors (Lipinski definition) is 12. The molecule has 2 amide bonds. The van der Waals surface area contributed by atoms with Crippen LogP contribution in [0.15, 0.2) is 24.3 Å². The Morgan fingerprint density at radius 2 is 1.31 bits per heavy atom. The number of amides is 2. The Balaban J connectivity index is 1.17. The Kier molecular flexibility index (Phi) is 10.4. The second-order valence-corrected chi connectivity index (χ2v) is 15.2. The molecule has 5 rings (SSSR count). The van der Waals surface area contributed by atoms with Crippen LogP contribution < -0.4 is 4.74 Å². The van der Waals surface area contributed by atoms with Crippen molar-refractivity contribution in [1.82, 2.24) is 9.80 Å². The molecule has 4 heterocycles. The van der Waals surface area contributed by atoms with Crippen LogP contribution in [-0.2, 0) is 35.1 Å². The molecular formula is C35H42N2O11S. The van der Waals surface area contributed by atoms with Gasteiger partial charge in [0.25, 0.3) is 0 Å². The molecule has 3 aliphatic heterocycles. The third-order valence-corrected chi connectivity index (χ3v) is 9.26. The van der Waals surface area contributed by atoms with E-state index in [1.807, 2.05) is 0 Å². The Morgan fingerprint density at radius 3 is 1.84 bits per heavy atom. The highest BCUT2D eigenvalue weighted by molar-refractivity contribution is 7.17. The first-order valence-corrected chi connectivity index (χ1v) is 17.1. The first-order chi connectivity index (χ1) is 23.0. The molecule has 3 aliphatic rings. The van der Waals surface area contributed by atoms with Gasteiger partial charge in [-0.25, -0.2) is 19.2 Å². The van der Waals surface area contributed by atoms with Crippen LogP contribution in [0.2, 0.25) is 0 Å². The number of nitrogens with zero attached hydrogens (tertiary/aromatic N) is 2. The number of Topliss-reactive ketones (excluding diaryl/α,β-unsaturated/α-hetero) is 2. The number of ketones is 2. The number of esters is 2. The number of carbonyl (C=O) groups is 6. The number of thiophene rings is 1. The highest BCUT2D eigenvalue weighted by atomic mass is 32.1. The van der Waals surface area contributed by atoms with Crippen molar-refractivity contribution in [1.29, 1.82) is 0 Å². The standard InChI is InChI=1S/C35H42N2O11S/c1-34(2,3)47-32(42)36-13-7-9-23(36)30(40)45-18-25(38)20-11-12-22-27(15-20)44-17-21-16-28(49-29(21)22)26(39)19-46-31(41)24-10-8-14-37(24)33(43)48-35(4,5)6/h11-12,15-16,23-24H,7-10,13-14,17-19H2,1-6H3/t23-,24-/m0/s1. The zero-order chi connectivity index (χ0) is 35.7. The van der Waals surface area contributed by atoms with Crippen molar-refractivity contribution < 1.29 is 52.5 Å². The Bertz CT molecular complexity index is 1650. The number of carbonyl (C=O) groups excluding carboxylic acids is 6. The lowest BCUT2D eigenvalue weighted by atomic mass is 10.0. The van der Waals surface area contributed by atoms with Crippen molar-refractivity contribution in [2.75, 3.05) is 26.3 Å². The van der Waals surface area contributed by atoms with Crippen molar-refractivity contribution in [3.63, 3.8) is 0 Å². The maximum atomic E-state index is 13.1. The molecule has 2 saturated heterocycles. The molecule has 0 saturated carbocycles. The van der Waals surface area contributed by atoms with Gasteiger partial charge in [0, 0.05) is 34.7 Å². The SMILES string of the molecule is CC(C)(C)OC(=O)N1CCC[C@H]1C(=O)OCC(=O)c1ccc2c(c1)OCc1cc(C(=O)COC(=O)[C@@H]3CCCN3C(=O)OC(C)(C)C)sc1-2. The van der Waals surface area contributed by atoms with Gasteiger partial charge in [0.2, 0.25) is 5.78 Å². The van der Waals surface area contributed by atoms with Crippen LogP contribution in [-0.4, -0.2) is 95.1 Å². The molecule has 2 aromatic rings. The number of fused-ring (bicyclic) bond motifs is 3. The fourth-order valence-corrected chi connectivity index (χ4v) is 6.90. The van der Waals surface area contributed by atoms with Gasteiger partial charge in [0.1, 0.15) is 35.6 Å². The third-order valence-electron chi connectivity index (χ3n) is 8.01. The summed E-state index contributed by atoms with van der Waals surface area (Å²) in [5.41, 5.74) is 0.321. The zero-order valence-electron chi connectivity index (χ0n) is 28.6. The van der Waals surface area contributed by atoms with Gasteiger partial charge >= 0.3 is 24.1 Å². The molecular weight excluding hydrogens is 656 g/mol. The van der Waals surface area contributed by atoms with Crippen LogP contribution in [0.25, 0.3) is 10.4 Å². The van der Waals surface area contributed by atoms with E-state index in [2.05, 4.69) is 0 Å². The minimum absolute atomic E-state index is 0.160. The number of rotatable bonds is 8. The van der Waals surface area contributed by atoms with Gasteiger partial charge in [-0.3, -0.25) is 19.4 Å². The molecule has 49 heavy (non-hydrogen) atoms. The Morgan fingerprint density at radius 1 is 0.776 bits per heavy atom. The Labute approximate surface area is 288 Å². The summed E-state index contributed by atoms with van der Waals surface area (Å²) in [6.45, 7) is 10.4. The predicted octanol–water partition coefficient (Wildman–Crippen LogP) is 5.56. The molecule has 13 nitrogen and oxygen atoms in total. The van der Waals surface area contributed by atoms with Gasteiger partial charge in [-0.05, 0) is 85.4 Å². The lowest BCUT2D eigenvalue weighted by Crippen LogP contribution is -2.44. The molecule has 0 radical (unpaired) electrons. The smallest absolute Gasteiger partial charge is 0.411 e. The van der Waals surface area contributed by atoms with Crippen molar-refractivity contribution >= 4 is 47.0 Å². The topological polar surface area (TPSA) is 155 Å². The van der Waals surface area contributed by atoms with Crippen LogP contribution in [0, 0.1) is 0 Å². The van der Waals surface area contributed by atoms with Crippen LogP contribution in [0.3, 0.4) is 0 Å². The minimum Gasteiger partial charge on any atom is -0.488 e. The molecule has 0 spiro atoms. The maximum absolute atomic E-state index is 13.1. The second kappa shape index (κ2) is 14.2. The van der Waals surface area contributed by atoms with E-state index in [0.717, 1.165) is 10.4 Å². The van der Waals surface area contributed by atoms with Crippen molar-refractivity contribution in [3.8, 4) is 16.2 Å². The second-order valence-electron chi connectivity index (χ2n) is 14.2. The van der Waals surface area contributed by atoms with Gasteiger partial charge in [-0.1, -0.05) is 6.07 Å². The molecule has 2 fully saturated rings. The van der Waals surface area contributed by atoms with Gasteiger partial charge < -0.3 is 23.7 Å². The lowest BCUT2D eigenvalue weighted by Gasteiger charge is -2.27. The van der Waals surface area contributed by atoms with Crippen LogP contribution >= 0.6 is 11.3 Å². The fraction of sp³-hybridized carbons (Fsp3) is 0.543. The van der Waals surface area contributed by atoms with E-state index in [1.165, 1.54) is 21.1 Å². The van der Waals surface area contributed by atoms with Crippen molar-refractivity contribution in [2.45, 2.75) is 97.1 Å². The molecule has 0 N–H and O–H groups in total. The van der Waals surface area contributed by atoms with Crippen LogP contribution in [0.1, 0.15) is 92.8 Å². The van der Waals surface area contributed by atoms with E-state index in [9.17, 15) is 28.8 Å². The van der Waals surface area contributed by atoms with E-state index >= 15 is 0 Å². The highest BCUT2D eigenvalue weighted by Crippen LogP contribution is 2.43. The maximum Gasteiger partial charge on any atom is 0.411 e. The monoisotopic (exact) mass is 698 g/mol. The summed E-state index contributed by atoms with van der Waals surface area (Å²) < 4.78 is 27.4. The number of ether oxygens (including phenoxy) is 5. The largest absolute Gasteiger partial charge is 0.488 e. The summed E-state index contributed by atoms with van der Waals surface area (Å²) in [6.07, 6.45) is 0.894. The summed E-state index contributed by atoms with van der Waals surface area (Å²) in [6, 6.07) is 4.94. The Hall–Kier alpha value is -4.46. The molecule has 14 heteroatoms. The molecule has 1 aromatic heterocycles. The van der Waals surface area contributed by atoms with E-state index < -0.39 is 72.2 Å². The van der Waals surface area contributed by atoms with Gasteiger partial charge in [0.15, 0.2) is 19.0 Å². The van der Waals surface area contributed by atoms with E-state index in [0.29, 0.717) is 55.0 Å². The predicted molar refractivity (Wildman–Crippen MR) is 177 cm³/mol. The minimum atomic E-state index is -0.818. The number of benzene rings is 1. The van der Waals surface area contributed by atoms with Gasteiger partial charge in [0.05, 0.1) is 4.88 Å². The molecule has 0 aliphatic carbocycles. The number of likely N-dealkylation sites (tertiary alicyclic amines) is 2. The number of hydrogen-bond donors (Lipinski definition) is 0. The van der Waals surface area contributed by atoms with Gasteiger partial charge in [-0.2, -0.15) is 0 Å². The average Bonchev–Trinajstić information content (AvgIpc) is 3.80. The summed E-state index contributed by atoms with van der Waals surface area (Å²) in [7, 11) is 0. The lowest BCUT2D eigenvalue weighted by molar-refractivity contribution is -0.148. The van der Waals surface area contributed by atoms with E-state index in [4.69, 9.17) is 23.7 Å². The van der Waals surface area contributed by atoms with E-state index in [1.54, 1.807) is 65.8 Å². The van der Waals surface area contributed by atoms with E-state index in [-0.39, 0.29) is 12.2 Å². The normalized spacial score (nSPS) is 18.6. The quantitative estimate of drug-likeness (QED) is 0.193. The molecule has 264 valence electrons. The first kappa shape index (κ1) is 35.8. The first-order valence-electron chi connectivity index (χ1n) is 16.3. The molecule has 0 unspecified atom stereocenters. The summed E-state index contributed by atoms with van der Waals surface area (Å²) in [5, 5.41) is 0. The summed E-state index contributed by atoms with van der Waals surface area (Å²) in [5.74, 6) is -1.72. The van der Waals surface area contributed by atoms with Crippen molar-refractivity contribution in [2.24, 2.45) is 0 Å². The summed E-state index contributed by atoms with van der Waals surface area (Å²) >= 11 is 1.23. The highest BCUT2D eigenvalue weighted by Gasteiger charge is 2.39. The molecule has 2 atom stereocenters. The summed E-state index contributed by atoms with van der Waals surface area (Å²) in [4.78, 5) is 80.6. The fourth-order valence-electron chi connectivity index (χ4n) is 5.78. The molecule has 0 bridgehead atoms. The zero-order valence-corrected chi connectivity index (χ0v) is 29.4. The third kappa shape index (κ3) is 8.59. The average molecular weight is 699 g/mol. The van der Waals surface area contributed by atoms with Crippen molar-refractivity contribution in [3.05, 3.63) is 40.3 Å². The van der Waals surface area contributed by atoms with Crippen LogP contribution in [0.5, 0.6) is 5.75 Å². The molecule has 1 aromatic carbocycles.